The van der Waals surface area contributed by atoms with Crippen LogP contribution in [0, 0.1) is 24.8 Å². The molecule has 123 valence electrons. The van der Waals surface area contributed by atoms with Crippen molar-refractivity contribution in [2.24, 2.45) is 0 Å². The summed E-state index contributed by atoms with van der Waals surface area (Å²) in [6, 6.07) is 10.8. The number of nitrogens with zero attached hydrogens (tertiary/aromatic N) is 1. The van der Waals surface area contributed by atoms with Crippen LogP contribution in [0.1, 0.15) is 12.5 Å². The van der Waals surface area contributed by atoms with Crippen molar-refractivity contribution in [2.75, 3.05) is 6.61 Å². The summed E-state index contributed by atoms with van der Waals surface area (Å²) in [5.41, 5.74) is 1.33. The Balaban J connectivity index is 0.00000288. The molecule has 0 aliphatic heterocycles. The van der Waals surface area contributed by atoms with Gasteiger partial charge in [-0.25, -0.2) is 8.78 Å². The zero-order chi connectivity index (χ0) is 16.8. The van der Waals surface area contributed by atoms with E-state index >= 15 is 0 Å². The average Bonchev–Trinajstić information content (AvgIpc) is 2.50. The van der Waals surface area contributed by atoms with Crippen LogP contribution in [-0.2, 0) is 39.3 Å². The number of aromatic nitrogens is 1. The molecule has 0 bridgehead atoms. The Morgan fingerprint density at radius 3 is 2.71 bits per heavy atom. The zero-order valence-electron chi connectivity index (χ0n) is 13.5. The quantitative estimate of drug-likeness (QED) is 0.565. The van der Waals surface area contributed by atoms with Gasteiger partial charge >= 0.3 is 0 Å². The van der Waals surface area contributed by atoms with E-state index in [0.29, 0.717) is 17.0 Å². The van der Waals surface area contributed by atoms with E-state index in [2.05, 4.69) is 17.9 Å². The molecule has 1 heterocycles. The second-order valence-electron chi connectivity index (χ2n) is 4.86. The molecule has 0 spiro atoms. The van der Waals surface area contributed by atoms with Gasteiger partial charge in [0.25, 0.3) is 6.43 Å². The number of benzene rings is 1. The van der Waals surface area contributed by atoms with E-state index in [1.165, 1.54) is 12.1 Å². The monoisotopic (exact) mass is 405 g/mol. The molecule has 6 heteroatoms. The van der Waals surface area contributed by atoms with Crippen molar-refractivity contribution in [2.45, 2.75) is 26.8 Å². The number of hydrogen-bond acceptors (Lipinski definition) is 2. The third-order valence-electron chi connectivity index (χ3n) is 3.24. The fourth-order valence-electron chi connectivity index (χ4n) is 2.20. The van der Waals surface area contributed by atoms with E-state index in [1.807, 2.05) is 6.92 Å². The Labute approximate surface area is 164 Å². The zero-order valence-corrected chi connectivity index (χ0v) is 16.3. The fraction of sp³-hybridized carbons (Fsp3) is 0.278. The van der Waals surface area contributed by atoms with Gasteiger partial charge in [0, 0.05) is 32.7 Å². The van der Waals surface area contributed by atoms with E-state index in [9.17, 15) is 13.6 Å². The maximum absolute atomic E-state index is 12.7. The number of aryl methyl sites for hydroxylation is 1. The first-order valence-corrected chi connectivity index (χ1v) is 7.06. The Bertz CT molecular complexity index is 807. The van der Waals surface area contributed by atoms with Gasteiger partial charge in [-0.2, -0.15) is 12.1 Å². The Kier molecular flexibility index (Phi) is 8.31. The molecular weight excluding hydrogens is 389 g/mol. The predicted octanol–water partition coefficient (Wildman–Crippen LogP) is 3.29. The first-order chi connectivity index (χ1) is 11.0. The molecule has 0 atom stereocenters. The van der Waals surface area contributed by atoms with E-state index in [-0.39, 0.29) is 39.3 Å². The first-order valence-electron chi connectivity index (χ1n) is 7.06. The molecule has 0 aliphatic rings. The van der Waals surface area contributed by atoms with Crippen molar-refractivity contribution >= 4 is 0 Å². The summed E-state index contributed by atoms with van der Waals surface area (Å²) in [6.45, 7) is 3.18. The SMILES string of the molecule is CC#CCOc1ccc(-c2[c-]ccc(=O)n2CC(F)F)c(C)c1.[Y]. The van der Waals surface area contributed by atoms with Crippen LogP contribution in [0.5, 0.6) is 5.75 Å². The van der Waals surface area contributed by atoms with E-state index in [1.54, 1.807) is 25.1 Å². The summed E-state index contributed by atoms with van der Waals surface area (Å²) in [7, 11) is 0. The minimum absolute atomic E-state index is 0. The number of halogens is 2. The van der Waals surface area contributed by atoms with Crippen LogP contribution < -0.4 is 10.3 Å². The molecule has 0 amide bonds. The van der Waals surface area contributed by atoms with E-state index < -0.39 is 18.5 Å². The van der Waals surface area contributed by atoms with Gasteiger partial charge in [0.2, 0.25) is 0 Å². The van der Waals surface area contributed by atoms with Gasteiger partial charge in [-0.05, 0) is 19.1 Å². The second kappa shape index (κ2) is 9.71. The van der Waals surface area contributed by atoms with Gasteiger partial charge in [-0.15, -0.1) is 12.0 Å². The van der Waals surface area contributed by atoms with Crippen LogP contribution in [0.3, 0.4) is 0 Å². The van der Waals surface area contributed by atoms with Crippen LogP contribution >= 0.6 is 0 Å². The molecule has 0 saturated heterocycles. The van der Waals surface area contributed by atoms with Crippen molar-refractivity contribution in [1.82, 2.24) is 4.57 Å². The third-order valence-corrected chi connectivity index (χ3v) is 3.24. The Hall–Kier alpha value is -1.51. The molecule has 1 radical (unpaired) electrons. The average molecular weight is 405 g/mol. The van der Waals surface area contributed by atoms with Crippen LogP contribution in [0.15, 0.2) is 35.1 Å². The summed E-state index contributed by atoms with van der Waals surface area (Å²) >= 11 is 0. The van der Waals surface area contributed by atoms with Gasteiger partial charge in [0.15, 0.2) is 5.56 Å². The van der Waals surface area contributed by atoms with E-state index in [0.717, 1.165) is 10.1 Å². The molecule has 0 N–H and O–H groups in total. The minimum Gasteiger partial charge on any atom is -0.481 e. The van der Waals surface area contributed by atoms with E-state index in [4.69, 9.17) is 4.74 Å². The predicted molar refractivity (Wildman–Crippen MR) is 84.7 cm³/mol. The van der Waals surface area contributed by atoms with Gasteiger partial charge in [-0.3, -0.25) is 4.79 Å². The topological polar surface area (TPSA) is 31.2 Å². The van der Waals surface area contributed by atoms with Crippen molar-refractivity contribution in [3.63, 3.8) is 0 Å². The van der Waals surface area contributed by atoms with Crippen molar-refractivity contribution in [3.8, 4) is 28.8 Å². The van der Waals surface area contributed by atoms with Gasteiger partial charge < -0.3 is 9.30 Å². The molecule has 1 aromatic heterocycles. The minimum atomic E-state index is -2.61. The van der Waals surface area contributed by atoms with Gasteiger partial charge in [-0.1, -0.05) is 35.7 Å². The molecule has 1 aromatic carbocycles. The molecule has 0 fully saturated rings. The molecule has 3 nitrogen and oxygen atoms in total. The van der Waals surface area contributed by atoms with Gasteiger partial charge in [0.05, 0.1) is 6.54 Å². The summed E-state index contributed by atoms with van der Waals surface area (Å²) in [5.74, 6) is 6.16. The molecule has 2 rings (SSSR count). The van der Waals surface area contributed by atoms with Crippen LogP contribution in [0.4, 0.5) is 8.78 Å². The van der Waals surface area contributed by atoms with Crippen LogP contribution in [-0.4, -0.2) is 17.6 Å². The number of rotatable bonds is 5. The maximum atomic E-state index is 12.7. The third kappa shape index (κ3) is 5.26. The van der Waals surface area contributed by atoms with Crippen molar-refractivity contribution in [3.05, 3.63) is 52.3 Å². The number of pyridine rings is 1. The Morgan fingerprint density at radius 1 is 1.33 bits per heavy atom. The normalized spacial score (nSPS) is 9.88. The molecule has 0 unspecified atom stereocenters. The fourth-order valence-corrected chi connectivity index (χ4v) is 2.20. The summed E-state index contributed by atoms with van der Waals surface area (Å²) in [5, 5.41) is 0. The van der Waals surface area contributed by atoms with Gasteiger partial charge in [0.1, 0.15) is 12.4 Å². The molecule has 2 aromatic rings. The molecular formula is C18H16F2NO2Y-. The largest absolute Gasteiger partial charge is 0.481 e. The summed E-state index contributed by atoms with van der Waals surface area (Å²) in [6.07, 6.45) is -2.61. The molecule has 24 heavy (non-hydrogen) atoms. The van der Waals surface area contributed by atoms with Crippen molar-refractivity contribution < 1.29 is 46.2 Å². The molecule has 0 aliphatic carbocycles. The number of ether oxygens (including phenoxy) is 1. The van der Waals surface area contributed by atoms with Crippen molar-refractivity contribution in [1.29, 1.82) is 0 Å². The first kappa shape index (κ1) is 20.5. The second-order valence-corrected chi connectivity index (χ2v) is 4.86. The number of hydrogen-bond donors (Lipinski definition) is 0. The molecule has 0 saturated carbocycles. The Morgan fingerprint density at radius 2 is 2.08 bits per heavy atom. The van der Waals surface area contributed by atoms with Crippen LogP contribution in [0.2, 0.25) is 0 Å². The summed E-state index contributed by atoms with van der Waals surface area (Å²) in [4.78, 5) is 11.9. The summed E-state index contributed by atoms with van der Waals surface area (Å²) < 4.78 is 32.0. The maximum Gasteiger partial charge on any atom is 0.256 e. The smallest absolute Gasteiger partial charge is 0.256 e. The number of alkyl halides is 2. The standard InChI is InChI=1S/C18H16F2NO2.Y/c1-3-4-10-23-14-8-9-15(13(2)11-14)16-6-5-7-18(22)21(16)12-17(19)20;/h5,7-9,11,17H,10,12H2,1-2H3;/q-1;. The van der Waals surface area contributed by atoms with Crippen LogP contribution in [0.25, 0.3) is 11.3 Å².